The minimum atomic E-state index is -0.742. The number of amides is 2. The average Bonchev–Trinajstić information content (AvgIpc) is 2.53. The van der Waals surface area contributed by atoms with Gasteiger partial charge in [0.1, 0.15) is 0 Å². The molecule has 0 bridgehead atoms. The number of rotatable bonds is 2. The molecule has 0 aliphatic heterocycles. The Morgan fingerprint density at radius 1 is 1.00 bits per heavy atom. The van der Waals surface area contributed by atoms with E-state index in [1.165, 1.54) is 12.3 Å². The number of nitrogens with zero attached hydrogens (tertiary/aromatic N) is 1. The molecule has 0 saturated carbocycles. The van der Waals surface area contributed by atoms with E-state index in [-0.39, 0.29) is 11.1 Å². The number of hydrogen-bond donors (Lipinski definition) is 5. The number of carbonyl (C=O) groups is 2. The Morgan fingerprint density at radius 2 is 1.56 bits per heavy atom. The van der Waals surface area contributed by atoms with Crippen LogP contribution in [0.2, 0.25) is 0 Å². The molecule has 0 saturated heterocycles. The fraction of sp³-hybridized carbons (Fsp3) is 0. The zero-order valence-corrected chi connectivity index (χ0v) is 11.6. The lowest BCUT2D eigenvalue weighted by Crippen LogP contribution is -2.21. The van der Waals surface area contributed by atoms with Crippen molar-refractivity contribution < 1.29 is 9.59 Å². The highest BCUT2D eigenvalue weighted by molar-refractivity contribution is 7.85. The molecule has 0 spiro atoms. The molecule has 2 rings (SSSR count). The molecule has 2 amide bonds. The Balaban J connectivity index is 2.94. The molecule has 0 aliphatic carbocycles. The molecule has 0 unspecified atom stereocenters. The Morgan fingerprint density at radius 3 is 2.06 bits per heavy atom. The maximum atomic E-state index is 11.3. The second-order valence-electron chi connectivity index (χ2n) is 3.61. The second kappa shape index (κ2) is 4.45. The minimum Gasteiger partial charge on any atom is -0.366 e. The van der Waals surface area contributed by atoms with Gasteiger partial charge in [0, 0.05) is 11.1 Å². The molecule has 18 heavy (non-hydrogen) atoms. The normalized spacial score (nSPS) is 10.8. The van der Waals surface area contributed by atoms with Crippen LogP contribution in [0.25, 0.3) is 5.52 Å². The molecule has 2 heterocycles. The first-order chi connectivity index (χ1) is 8.34. The van der Waals surface area contributed by atoms with Crippen molar-refractivity contribution in [1.29, 1.82) is 0 Å². The first-order valence-electron chi connectivity index (χ1n) is 4.73. The van der Waals surface area contributed by atoms with Crippen LogP contribution < -0.4 is 11.5 Å². The molecule has 94 valence electrons. The van der Waals surface area contributed by atoms with E-state index in [2.05, 4.69) is 37.9 Å². The number of thiol groups is 3. The Labute approximate surface area is 119 Å². The number of carbonyl (C=O) groups excluding carboxylic acids is 2. The maximum absolute atomic E-state index is 11.3. The molecule has 5 nitrogen and oxygen atoms in total. The van der Waals surface area contributed by atoms with Crippen LogP contribution in [0, 0.1) is 0 Å². The number of nitrogens with two attached hydrogens (primary N) is 2. The van der Waals surface area contributed by atoms with Gasteiger partial charge in [-0.1, -0.05) is 0 Å². The van der Waals surface area contributed by atoms with Crippen LogP contribution in [0.1, 0.15) is 20.7 Å². The van der Waals surface area contributed by atoms with Crippen LogP contribution in [0.15, 0.2) is 27.1 Å². The predicted molar refractivity (Wildman–Crippen MR) is 76.2 cm³/mol. The maximum Gasteiger partial charge on any atom is 0.251 e. The summed E-state index contributed by atoms with van der Waals surface area (Å²) in [5.41, 5.74) is 11.1. The number of pyridine rings is 1. The van der Waals surface area contributed by atoms with Crippen molar-refractivity contribution >= 4 is 55.2 Å². The van der Waals surface area contributed by atoms with E-state index in [0.717, 1.165) is 0 Å². The first kappa shape index (κ1) is 13.2. The first-order valence-corrected chi connectivity index (χ1v) is 6.07. The molecule has 4 N–H and O–H groups in total. The summed E-state index contributed by atoms with van der Waals surface area (Å²) in [5, 5.41) is 0.497. The van der Waals surface area contributed by atoms with Gasteiger partial charge < -0.3 is 15.9 Å². The van der Waals surface area contributed by atoms with Gasteiger partial charge in [-0.15, -0.1) is 37.9 Å². The number of hydrogen-bond acceptors (Lipinski definition) is 5. The van der Waals surface area contributed by atoms with Gasteiger partial charge >= 0.3 is 0 Å². The summed E-state index contributed by atoms with van der Waals surface area (Å²) in [7, 11) is 0. The largest absolute Gasteiger partial charge is 0.366 e. The van der Waals surface area contributed by atoms with E-state index >= 15 is 0 Å². The molecule has 0 fully saturated rings. The van der Waals surface area contributed by atoms with Crippen molar-refractivity contribution in [2.24, 2.45) is 11.5 Å². The van der Waals surface area contributed by atoms with Gasteiger partial charge in [0.25, 0.3) is 5.91 Å². The number of primary amides is 2. The van der Waals surface area contributed by atoms with Gasteiger partial charge in [-0.2, -0.15) is 0 Å². The van der Waals surface area contributed by atoms with E-state index < -0.39 is 11.8 Å². The Bertz CT molecular complexity index is 636. The molecular weight excluding hydrogens is 290 g/mol. The van der Waals surface area contributed by atoms with Gasteiger partial charge in [0.15, 0.2) is 0 Å². The summed E-state index contributed by atoms with van der Waals surface area (Å²) in [4.78, 5) is 23.7. The van der Waals surface area contributed by atoms with Crippen molar-refractivity contribution in [2.75, 3.05) is 0 Å². The summed E-state index contributed by atoms with van der Waals surface area (Å²) >= 11 is 12.8. The summed E-state index contributed by atoms with van der Waals surface area (Å²) < 4.78 is 1.57. The Kier molecular flexibility index (Phi) is 3.26. The average molecular weight is 299 g/mol. The third-order valence-corrected chi connectivity index (χ3v) is 4.21. The fourth-order valence-electron chi connectivity index (χ4n) is 1.65. The van der Waals surface area contributed by atoms with Crippen molar-refractivity contribution in [1.82, 2.24) is 4.40 Å². The van der Waals surface area contributed by atoms with Gasteiger partial charge in [0.2, 0.25) is 5.91 Å². The smallest absolute Gasteiger partial charge is 0.251 e. The second-order valence-corrected chi connectivity index (χ2v) is 4.92. The molecule has 2 aromatic rings. The third kappa shape index (κ3) is 1.86. The van der Waals surface area contributed by atoms with Gasteiger partial charge in [-0.3, -0.25) is 9.59 Å². The highest BCUT2D eigenvalue weighted by Gasteiger charge is 2.18. The van der Waals surface area contributed by atoms with Crippen molar-refractivity contribution in [3.8, 4) is 0 Å². The molecule has 0 atom stereocenters. The quantitative estimate of drug-likeness (QED) is 0.536. The highest BCUT2D eigenvalue weighted by atomic mass is 32.1. The molecular formula is C10H9N3O2S3. The zero-order chi connectivity index (χ0) is 13.6. The highest BCUT2D eigenvalue weighted by Crippen LogP contribution is 2.33. The van der Waals surface area contributed by atoms with E-state index in [1.807, 2.05) is 0 Å². The molecule has 0 aliphatic rings. The van der Waals surface area contributed by atoms with Crippen LogP contribution in [0.3, 0.4) is 0 Å². The summed E-state index contributed by atoms with van der Waals surface area (Å²) in [6, 6.07) is 1.45. The van der Waals surface area contributed by atoms with Crippen LogP contribution in [-0.4, -0.2) is 16.2 Å². The molecule has 0 aromatic carbocycles. The van der Waals surface area contributed by atoms with E-state index in [9.17, 15) is 9.59 Å². The van der Waals surface area contributed by atoms with Crippen molar-refractivity contribution in [2.45, 2.75) is 14.8 Å². The van der Waals surface area contributed by atoms with E-state index in [0.29, 0.717) is 20.3 Å². The fourth-order valence-corrected chi connectivity index (χ4v) is 2.52. The standard InChI is InChI=1S/C10H9N3O2S3/c11-8(14)3-1-5-6(16)7(17)10(18)13(5)2-4(3)9(12)15/h1-2,16-18H,(H2,11,14)(H2,12,15). The molecule has 8 heteroatoms. The number of fused-ring (bicyclic) bond motifs is 1. The monoisotopic (exact) mass is 299 g/mol. The number of aromatic nitrogens is 1. The minimum absolute atomic E-state index is 0.0296. The lowest BCUT2D eigenvalue weighted by molar-refractivity contribution is 0.0967. The summed E-state index contributed by atoms with van der Waals surface area (Å²) in [5.74, 6) is -1.48. The molecule has 0 radical (unpaired) electrons. The van der Waals surface area contributed by atoms with Crippen LogP contribution in [0.5, 0.6) is 0 Å². The van der Waals surface area contributed by atoms with E-state index in [1.54, 1.807) is 4.40 Å². The van der Waals surface area contributed by atoms with Crippen LogP contribution in [-0.2, 0) is 0 Å². The predicted octanol–water partition coefficient (Wildman–Crippen LogP) is 1.00. The summed E-state index contributed by atoms with van der Waals surface area (Å²) in [6.07, 6.45) is 1.40. The van der Waals surface area contributed by atoms with Crippen LogP contribution in [0.4, 0.5) is 0 Å². The van der Waals surface area contributed by atoms with Crippen molar-refractivity contribution in [3.05, 3.63) is 23.4 Å². The molecule has 2 aromatic heterocycles. The van der Waals surface area contributed by atoms with Gasteiger partial charge in [0.05, 0.1) is 26.6 Å². The van der Waals surface area contributed by atoms with Crippen LogP contribution >= 0.6 is 37.9 Å². The SMILES string of the molecule is NC(=O)c1cc2c(S)c(S)c(S)n2cc1C(N)=O. The lowest BCUT2D eigenvalue weighted by atomic mass is 10.1. The van der Waals surface area contributed by atoms with Gasteiger partial charge in [-0.25, -0.2) is 0 Å². The topological polar surface area (TPSA) is 90.6 Å². The Hall–Kier alpha value is -1.25. The van der Waals surface area contributed by atoms with E-state index in [4.69, 9.17) is 11.5 Å². The summed E-state index contributed by atoms with van der Waals surface area (Å²) in [6.45, 7) is 0. The lowest BCUT2D eigenvalue weighted by Gasteiger charge is -2.06. The van der Waals surface area contributed by atoms with Gasteiger partial charge in [-0.05, 0) is 6.07 Å². The zero-order valence-electron chi connectivity index (χ0n) is 8.91. The van der Waals surface area contributed by atoms with Crippen molar-refractivity contribution in [3.63, 3.8) is 0 Å². The third-order valence-electron chi connectivity index (χ3n) is 2.53.